The van der Waals surface area contributed by atoms with Gasteiger partial charge >= 0.3 is 0 Å². The monoisotopic (exact) mass is 413 g/mol. The minimum absolute atomic E-state index is 0.0980. The van der Waals surface area contributed by atoms with E-state index in [4.69, 9.17) is 0 Å². The fraction of sp³-hybridized carbons (Fsp3) is 0.500. The van der Waals surface area contributed by atoms with E-state index in [0.29, 0.717) is 6.29 Å². The molecular formula is C18H24FN3O5S. The van der Waals surface area contributed by atoms with Gasteiger partial charge < -0.3 is 14.6 Å². The first-order valence-electron chi connectivity index (χ1n) is 8.85. The lowest BCUT2D eigenvalue weighted by Crippen LogP contribution is -2.56. The molecule has 28 heavy (non-hydrogen) atoms. The summed E-state index contributed by atoms with van der Waals surface area (Å²) >= 11 is 0. The zero-order chi connectivity index (χ0) is 20.9. The number of sulfonamides is 1. The van der Waals surface area contributed by atoms with E-state index < -0.39 is 27.8 Å². The Labute approximate surface area is 163 Å². The van der Waals surface area contributed by atoms with Crippen molar-refractivity contribution in [1.29, 1.82) is 0 Å². The number of carbonyl (C=O) groups excluding carboxylic acids is 3. The maximum atomic E-state index is 13.1. The van der Waals surface area contributed by atoms with Crippen LogP contribution in [0.2, 0.25) is 0 Å². The van der Waals surface area contributed by atoms with Gasteiger partial charge in [-0.2, -0.15) is 4.31 Å². The number of benzene rings is 1. The number of likely N-dealkylation sites (N-methyl/N-ethyl adjacent to an activating group) is 1. The van der Waals surface area contributed by atoms with E-state index in [-0.39, 0.29) is 50.5 Å². The molecule has 1 aromatic carbocycles. The zero-order valence-corrected chi connectivity index (χ0v) is 16.7. The van der Waals surface area contributed by atoms with Gasteiger partial charge in [0.1, 0.15) is 18.1 Å². The topological polar surface area (TPSA) is 95.1 Å². The van der Waals surface area contributed by atoms with Crippen molar-refractivity contribution in [3.8, 4) is 0 Å². The van der Waals surface area contributed by atoms with E-state index >= 15 is 0 Å². The molecule has 2 amide bonds. The van der Waals surface area contributed by atoms with Crippen molar-refractivity contribution in [2.75, 3.05) is 39.5 Å². The van der Waals surface area contributed by atoms with Gasteiger partial charge in [-0.3, -0.25) is 9.59 Å². The minimum atomic E-state index is -3.32. The smallest absolute Gasteiger partial charge is 0.254 e. The average Bonchev–Trinajstić information content (AvgIpc) is 2.67. The van der Waals surface area contributed by atoms with E-state index in [1.807, 2.05) is 0 Å². The van der Waals surface area contributed by atoms with E-state index in [1.54, 1.807) is 0 Å². The molecule has 1 saturated heterocycles. The summed E-state index contributed by atoms with van der Waals surface area (Å²) in [4.78, 5) is 39.2. The first-order chi connectivity index (χ1) is 13.1. The van der Waals surface area contributed by atoms with Crippen molar-refractivity contribution in [3.05, 3.63) is 35.6 Å². The van der Waals surface area contributed by atoms with Crippen LogP contribution in [0, 0.1) is 5.82 Å². The van der Waals surface area contributed by atoms with Crippen LogP contribution in [0.5, 0.6) is 0 Å². The summed E-state index contributed by atoms with van der Waals surface area (Å²) in [5.74, 6) is -1.27. The maximum absolute atomic E-state index is 13.1. The van der Waals surface area contributed by atoms with Gasteiger partial charge in [0.2, 0.25) is 15.9 Å². The minimum Gasteiger partial charge on any atom is -0.338 e. The molecule has 8 nitrogen and oxygen atoms in total. The molecule has 1 unspecified atom stereocenters. The van der Waals surface area contributed by atoms with Gasteiger partial charge in [-0.25, -0.2) is 12.8 Å². The number of hydrogen-bond acceptors (Lipinski definition) is 5. The number of halogens is 1. The molecule has 2 rings (SSSR count). The first-order valence-corrected chi connectivity index (χ1v) is 10.7. The van der Waals surface area contributed by atoms with Crippen LogP contribution in [0.15, 0.2) is 24.3 Å². The molecule has 0 bridgehead atoms. The Bertz CT molecular complexity index is 820. The fourth-order valence-corrected chi connectivity index (χ4v) is 3.92. The third-order valence-electron chi connectivity index (χ3n) is 4.74. The Morgan fingerprint density at radius 2 is 1.75 bits per heavy atom. The molecular weight excluding hydrogens is 389 g/mol. The van der Waals surface area contributed by atoms with E-state index in [0.717, 1.165) is 18.4 Å². The Morgan fingerprint density at radius 1 is 1.18 bits per heavy atom. The van der Waals surface area contributed by atoms with Crippen LogP contribution in [0.3, 0.4) is 0 Å². The second kappa shape index (κ2) is 9.24. The second-order valence-corrected chi connectivity index (χ2v) is 8.65. The normalized spacial score (nSPS) is 16.5. The summed E-state index contributed by atoms with van der Waals surface area (Å²) in [7, 11) is -1.86. The fourth-order valence-electron chi connectivity index (χ4n) is 3.10. The molecule has 1 atom stereocenters. The van der Waals surface area contributed by atoms with Crippen molar-refractivity contribution in [1.82, 2.24) is 14.1 Å². The Balaban J connectivity index is 2.13. The summed E-state index contributed by atoms with van der Waals surface area (Å²) in [6, 6.07) is 4.12. The van der Waals surface area contributed by atoms with Gasteiger partial charge in [0.15, 0.2) is 0 Å². The van der Waals surface area contributed by atoms with Crippen LogP contribution in [0.1, 0.15) is 23.2 Å². The van der Waals surface area contributed by atoms with E-state index in [1.165, 1.54) is 33.3 Å². The summed E-state index contributed by atoms with van der Waals surface area (Å²) in [5.41, 5.74) is 0.231. The number of carbonyl (C=O) groups is 3. The molecule has 1 aromatic rings. The average molecular weight is 413 g/mol. The zero-order valence-electron chi connectivity index (χ0n) is 15.9. The standard InChI is InChI=1S/C18H24FN3O5S/c1-20(17(24)14-5-7-15(19)8-6-14)16(4-3-13-23)18(25)21-9-11-22(12-10-21)28(2,26)27/h5-8,13,16H,3-4,9-12H2,1-2H3. The van der Waals surface area contributed by atoms with Crippen molar-refractivity contribution >= 4 is 28.1 Å². The number of piperazine rings is 1. The van der Waals surface area contributed by atoms with Gasteiger partial charge in [-0.15, -0.1) is 0 Å². The lowest BCUT2D eigenvalue weighted by Gasteiger charge is -2.37. The lowest BCUT2D eigenvalue weighted by atomic mass is 10.1. The SMILES string of the molecule is CN(C(=O)c1ccc(F)cc1)C(CCC=O)C(=O)N1CCN(S(C)(=O)=O)CC1. The first kappa shape index (κ1) is 22.0. The molecule has 0 radical (unpaired) electrons. The predicted molar refractivity (Wildman–Crippen MR) is 101 cm³/mol. The lowest BCUT2D eigenvalue weighted by molar-refractivity contribution is -0.137. The van der Waals surface area contributed by atoms with Gasteiger partial charge in [-0.1, -0.05) is 0 Å². The maximum Gasteiger partial charge on any atom is 0.254 e. The Hall–Kier alpha value is -2.33. The van der Waals surface area contributed by atoms with Gasteiger partial charge in [0.25, 0.3) is 5.91 Å². The van der Waals surface area contributed by atoms with Crippen molar-refractivity contribution < 1.29 is 27.2 Å². The molecule has 1 aliphatic rings. The van der Waals surface area contributed by atoms with Gasteiger partial charge in [-0.05, 0) is 30.7 Å². The molecule has 1 aliphatic heterocycles. The molecule has 1 heterocycles. The highest BCUT2D eigenvalue weighted by atomic mass is 32.2. The molecule has 0 aliphatic carbocycles. The summed E-state index contributed by atoms with van der Waals surface area (Å²) in [6.07, 6.45) is 2.05. The van der Waals surface area contributed by atoms with Crippen LogP contribution >= 0.6 is 0 Å². The van der Waals surface area contributed by atoms with Gasteiger partial charge in [0, 0.05) is 45.2 Å². The van der Waals surface area contributed by atoms with Gasteiger partial charge in [0.05, 0.1) is 6.26 Å². The largest absolute Gasteiger partial charge is 0.338 e. The van der Waals surface area contributed by atoms with Crippen molar-refractivity contribution in [3.63, 3.8) is 0 Å². The Kier molecular flexibility index (Phi) is 7.25. The van der Waals surface area contributed by atoms with E-state index in [9.17, 15) is 27.2 Å². The number of hydrogen-bond donors (Lipinski definition) is 0. The third kappa shape index (κ3) is 5.35. The predicted octanol–water partition coefficient (Wildman–Crippen LogP) is 0.349. The molecule has 0 aromatic heterocycles. The number of amides is 2. The number of nitrogens with zero attached hydrogens (tertiary/aromatic N) is 3. The van der Waals surface area contributed by atoms with Crippen LogP contribution in [-0.4, -0.2) is 86.1 Å². The molecule has 10 heteroatoms. The molecule has 0 N–H and O–H groups in total. The van der Waals surface area contributed by atoms with Crippen LogP contribution < -0.4 is 0 Å². The quantitative estimate of drug-likeness (QED) is 0.601. The number of aldehydes is 1. The van der Waals surface area contributed by atoms with E-state index in [2.05, 4.69) is 0 Å². The Morgan fingerprint density at radius 3 is 2.25 bits per heavy atom. The summed E-state index contributed by atoms with van der Waals surface area (Å²) < 4.78 is 37.6. The summed E-state index contributed by atoms with van der Waals surface area (Å²) in [6.45, 7) is 0.783. The molecule has 0 saturated carbocycles. The third-order valence-corrected chi connectivity index (χ3v) is 6.04. The van der Waals surface area contributed by atoms with Crippen LogP contribution in [0.25, 0.3) is 0 Å². The van der Waals surface area contributed by atoms with Crippen molar-refractivity contribution in [2.24, 2.45) is 0 Å². The highest BCUT2D eigenvalue weighted by molar-refractivity contribution is 7.88. The van der Waals surface area contributed by atoms with Crippen LogP contribution in [0.4, 0.5) is 4.39 Å². The van der Waals surface area contributed by atoms with Crippen LogP contribution in [-0.2, 0) is 19.6 Å². The summed E-state index contributed by atoms with van der Waals surface area (Å²) in [5, 5.41) is 0. The highest BCUT2D eigenvalue weighted by Crippen LogP contribution is 2.16. The molecule has 154 valence electrons. The molecule has 1 fully saturated rings. The molecule has 0 spiro atoms. The number of rotatable bonds is 7. The highest BCUT2D eigenvalue weighted by Gasteiger charge is 2.33. The second-order valence-electron chi connectivity index (χ2n) is 6.67. The van der Waals surface area contributed by atoms with Crippen molar-refractivity contribution in [2.45, 2.75) is 18.9 Å².